The first kappa shape index (κ1) is 11.3. The van der Waals surface area contributed by atoms with Crippen molar-refractivity contribution in [3.63, 3.8) is 0 Å². The van der Waals surface area contributed by atoms with Crippen molar-refractivity contribution in [3.8, 4) is 0 Å². The third kappa shape index (κ3) is 3.12. The van der Waals surface area contributed by atoms with E-state index < -0.39 is 11.9 Å². The minimum Gasteiger partial charge on any atom is -0.478 e. The van der Waals surface area contributed by atoms with Gasteiger partial charge in [0.15, 0.2) is 5.76 Å². The lowest BCUT2D eigenvalue weighted by atomic mass is 10.1. The van der Waals surface area contributed by atoms with Gasteiger partial charge >= 0.3 is 5.97 Å². The number of carbonyl (C=O) groups is 2. The van der Waals surface area contributed by atoms with Gasteiger partial charge in [-0.1, -0.05) is 0 Å². The predicted molar refractivity (Wildman–Crippen MR) is 52.9 cm³/mol. The molecular weight excluding hydrogens is 198 g/mol. The number of nitrogens with one attached hydrogen (secondary N) is 1. The van der Waals surface area contributed by atoms with Crippen molar-refractivity contribution < 1.29 is 19.1 Å². The number of hydrogen-bond acceptors (Lipinski definition) is 3. The van der Waals surface area contributed by atoms with E-state index in [1.807, 2.05) is 20.8 Å². The van der Waals surface area contributed by atoms with E-state index in [1.54, 1.807) is 0 Å². The van der Waals surface area contributed by atoms with Crippen molar-refractivity contribution in [1.29, 1.82) is 0 Å². The summed E-state index contributed by atoms with van der Waals surface area (Å²) in [6.07, 6.45) is 1.04. The number of carbonyl (C=O) groups excluding carboxylic acids is 1. The summed E-state index contributed by atoms with van der Waals surface area (Å²) in [4.78, 5) is 22.0. The molecule has 0 bridgehead atoms. The molecule has 0 aliphatic heterocycles. The average molecular weight is 211 g/mol. The molecule has 0 fully saturated rings. The summed E-state index contributed by atoms with van der Waals surface area (Å²) in [6.45, 7) is 5.48. The SMILES string of the molecule is CC(C)(C)NC(=O)c1cc(C(=O)O)co1. The molecule has 1 rings (SSSR count). The Bertz CT molecular complexity index is 386. The van der Waals surface area contributed by atoms with Gasteiger partial charge in [-0.25, -0.2) is 4.79 Å². The number of carboxylic acids is 1. The Morgan fingerprint density at radius 2 is 2.00 bits per heavy atom. The highest BCUT2D eigenvalue weighted by atomic mass is 16.4. The molecule has 1 heterocycles. The predicted octanol–water partition coefficient (Wildman–Crippen LogP) is 1.51. The topological polar surface area (TPSA) is 79.5 Å². The Balaban J connectivity index is 2.79. The minimum absolute atomic E-state index is 0.00215. The number of furan rings is 1. The summed E-state index contributed by atoms with van der Waals surface area (Å²) in [7, 11) is 0. The number of carboxylic acid groups (broad SMARTS) is 1. The number of amides is 1. The Hall–Kier alpha value is -1.78. The van der Waals surface area contributed by atoms with E-state index in [1.165, 1.54) is 6.07 Å². The van der Waals surface area contributed by atoms with Crippen molar-refractivity contribution in [2.45, 2.75) is 26.3 Å². The third-order valence-electron chi connectivity index (χ3n) is 1.56. The van der Waals surface area contributed by atoms with Gasteiger partial charge in [0.05, 0.1) is 5.56 Å². The van der Waals surface area contributed by atoms with E-state index in [0.29, 0.717) is 0 Å². The lowest BCUT2D eigenvalue weighted by Crippen LogP contribution is -2.40. The van der Waals surface area contributed by atoms with Crippen LogP contribution < -0.4 is 5.32 Å². The molecule has 0 saturated carbocycles. The third-order valence-corrected chi connectivity index (χ3v) is 1.56. The molecule has 2 N–H and O–H groups in total. The summed E-state index contributed by atoms with van der Waals surface area (Å²) in [5.41, 5.74) is -0.415. The summed E-state index contributed by atoms with van der Waals surface area (Å²) in [6, 6.07) is 1.20. The molecular formula is C10H13NO4. The van der Waals surface area contributed by atoms with Crippen LogP contribution in [-0.2, 0) is 0 Å². The molecule has 0 radical (unpaired) electrons. The molecule has 0 aliphatic rings. The molecule has 0 spiro atoms. The number of hydrogen-bond donors (Lipinski definition) is 2. The van der Waals surface area contributed by atoms with Gasteiger partial charge in [0, 0.05) is 11.6 Å². The quantitative estimate of drug-likeness (QED) is 0.777. The van der Waals surface area contributed by atoms with Crippen LogP contribution in [0.1, 0.15) is 41.7 Å². The Labute approximate surface area is 87.1 Å². The fourth-order valence-electron chi connectivity index (χ4n) is 0.970. The first-order chi connectivity index (χ1) is 6.79. The first-order valence-corrected chi connectivity index (χ1v) is 4.44. The standard InChI is InChI=1S/C10H13NO4/c1-10(2,3)11-8(12)7-4-6(5-15-7)9(13)14/h4-5H,1-3H3,(H,11,12)(H,13,14). The average Bonchev–Trinajstić information content (AvgIpc) is 2.47. The highest BCUT2D eigenvalue weighted by Crippen LogP contribution is 2.09. The van der Waals surface area contributed by atoms with Gasteiger partial charge in [-0.3, -0.25) is 4.79 Å². The molecule has 0 unspecified atom stereocenters. The summed E-state index contributed by atoms with van der Waals surface area (Å²) >= 11 is 0. The van der Waals surface area contributed by atoms with Crippen LogP contribution >= 0.6 is 0 Å². The highest BCUT2D eigenvalue weighted by Gasteiger charge is 2.19. The van der Waals surface area contributed by atoms with Gasteiger partial charge in [-0.2, -0.15) is 0 Å². The molecule has 0 saturated heterocycles. The van der Waals surface area contributed by atoms with Crippen molar-refractivity contribution >= 4 is 11.9 Å². The van der Waals surface area contributed by atoms with Gasteiger partial charge < -0.3 is 14.8 Å². The Morgan fingerprint density at radius 1 is 1.40 bits per heavy atom. The Kier molecular flexibility index (Phi) is 2.83. The lowest BCUT2D eigenvalue weighted by molar-refractivity contribution is 0.0695. The van der Waals surface area contributed by atoms with E-state index in [9.17, 15) is 9.59 Å². The van der Waals surface area contributed by atoms with E-state index in [0.717, 1.165) is 6.26 Å². The summed E-state index contributed by atoms with van der Waals surface area (Å²) in [5, 5.41) is 11.3. The second-order valence-electron chi connectivity index (χ2n) is 4.21. The molecule has 15 heavy (non-hydrogen) atoms. The maximum Gasteiger partial charge on any atom is 0.338 e. The summed E-state index contributed by atoms with van der Waals surface area (Å²) in [5.74, 6) is -1.54. The Morgan fingerprint density at radius 3 is 2.40 bits per heavy atom. The normalized spacial score (nSPS) is 11.1. The van der Waals surface area contributed by atoms with Crippen molar-refractivity contribution in [2.24, 2.45) is 0 Å². The van der Waals surface area contributed by atoms with Crippen molar-refractivity contribution in [3.05, 3.63) is 23.7 Å². The molecule has 5 heteroatoms. The zero-order chi connectivity index (χ0) is 11.6. The molecule has 82 valence electrons. The van der Waals surface area contributed by atoms with Gasteiger partial charge in [-0.05, 0) is 20.8 Å². The first-order valence-electron chi connectivity index (χ1n) is 4.44. The summed E-state index contributed by atoms with van der Waals surface area (Å²) < 4.78 is 4.84. The van der Waals surface area contributed by atoms with Crippen LogP contribution in [-0.4, -0.2) is 22.5 Å². The smallest absolute Gasteiger partial charge is 0.338 e. The zero-order valence-electron chi connectivity index (χ0n) is 8.83. The largest absolute Gasteiger partial charge is 0.478 e. The van der Waals surface area contributed by atoms with E-state index in [-0.39, 0.29) is 16.9 Å². The maximum atomic E-state index is 11.5. The maximum absolute atomic E-state index is 11.5. The van der Waals surface area contributed by atoms with Crippen molar-refractivity contribution in [2.75, 3.05) is 0 Å². The second-order valence-corrected chi connectivity index (χ2v) is 4.21. The number of rotatable bonds is 2. The van der Waals surface area contributed by atoms with Crippen LogP contribution in [0.25, 0.3) is 0 Å². The van der Waals surface area contributed by atoms with Crippen LogP contribution in [0.15, 0.2) is 16.7 Å². The molecule has 5 nitrogen and oxygen atoms in total. The van der Waals surface area contributed by atoms with Gasteiger partial charge in [0.25, 0.3) is 5.91 Å². The fraction of sp³-hybridized carbons (Fsp3) is 0.400. The van der Waals surface area contributed by atoms with Gasteiger partial charge in [0.2, 0.25) is 0 Å². The molecule has 0 aromatic carbocycles. The molecule has 1 aromatic rings. The fourth-order valence-corrected chi connectivity index (χ4v) is 0.970. The van der Waals surface area contributed by atoms with Crippen LogP contribution in [0.4, 0.5) is 0 Å². The van der Waals surface area contributed by atoms with Crippen molar-refractivity contribution in [1.82, 2.24) is 5.32 Å². The van der Waals surface area contributed by atoms with E-state index in [4.69, 9.17) is 9.52 Å². The van der Waals surface area contributed by atoms with Crippen LogP contribution in [0.5, 0.6) is 0 Å². The van der Waals surface area contributed by atoms with Crippen LogP contribution in [0, 0.1) is 0 Å². The monoisotopic (exact) mass is 211 g/mol. The minimum atomic E-state index is -1.12. The molecule has 1 amide bonds. The van der Waals surface area contributed by atoms with Crippen LogP contribution in [0.3, 0.4) is 0 Å². The zero-order valence-corrected chi connectivity index (χ0v) is 8.83. The van der Waals surface area contributed by atoms with E-state index >= 15 is 0 Å². The van der Waals surface area contributed by atoms with Gasteiger partial charge in [0.1, 0.15) is 6.26 Å². The highest BCUT2D eigenvalue weighted by molar-refractivity contribution is 5.95. The molecule has 0 atom stereocenters. The lowest BCUT2D eigenvalue weighted by Gasteiger charge is -2.19. The number of aromatic carboxylic acids is 1. The van der Waals surface area contributed by atoms with Gasteiger partial charge in [-0.15, -0.1) is 0 Å². The molecule has 0 aliphatic carbocycles. The van der Waals surface area contributed by atoms with E-state index in [2.05, 4.69) is 5.32 Å². The second kappa shape index (κ2) is 3.76. The molecule has 1 aromatic heterocycles. The van der Waals surface area contributed by atoms with Crippen LogP contribution in [0.2, 0.25) is 0 Å².